The molecule has 2 rings (SSSR count). The van der Waals surface area contributed by atoms with Crippen LogP contribution in [0.15, 0.2) is 35.7 Å². The summed E-state index contributed by atoms with van der Waals surface area (Å²) in [7, 11) is 1.60. The van der Waals surface area contributed by atoms with E-state index in [2.05, 4.69) is 0 Å². The first-order chi connectivity index (χ1) is 7.72. The van der Waals surface area contributed by atoms with Gasteiger partial charge in [0.05, 0.1) is 17.0 Å². The van der Waals surface area contributed by atoms with E-state index < -0.39 is 6.10 Å². The summed E-state index contributed by atoms with van der Waals surface area (Å²) in [5, 5.41) is 12.6. The maximum absolute atomic E-state index is 10.2. The van der Waals surface area contributed by atoms with Gasteiger partial charge in [-0.15, -0.1) is 11.3 Å². The fourth-order valence-electron chi connectivity index (χ4n) is 1.46. The van der Waals surface area contributed by atoms with Crippen molar-refractivity contribution in [3.63, 3.8) is 0 Å². The van der Waals surface area contributed by atoms with Crippen LogP contribution in [0, 0.1) is 0 Å². The second-order valence-electron chi connectivity index (χ2n) is 3.31. The maximum Gasteiger partial charge on any atom is 0.119 e. The van der Waals surface area contributed by atoms with E-state index in [1.807, 2.05) is 23.6 Å². The molecule has 1 atom stereocenters. The molecule has 0 aliphatic rings. The Hall–Kier alpha value is -1.03. The van der Waals surface area contributed by atoms with Crippen molar-refractivity contribution in [1.29, 1.82) is 0 Å². The third-order valence-electron chi connectivity index (χ3n) is 2.30. The molecule has 0 aliphatic carbocycles. The summed E-state index contributed by atoms with van der Waals surface area (Å²) in [5.41, 5.74) is 0.781. The Labute approximate surface area is 103 Å². The van der Waals surface area contributed by atoms with Crippen LogP contribution < -0.4 is 4.74 Å². The van der Waals surface area contributed by atoms with Crippen molar-refractivity contribution in [3.05, 3.63) is 51.2 Å². The standard InChI is InChI=1S/C12H11ClO2S/c1-15-9-4-2-3-8(7-9)11(14)12-10(13)5-6-16-12/h2-7,11,14H,1H3. The van der Waals surface area contributed by atoms with Crippen molar-refractivity contribution in [3.8, 4) is 5.75 Å². The van der Waals surface area contributed by atoms with Crippen LogP contribution in [0.4, 0.5) is 0 Å². The Bertz CT molecular complexity index is 481. The zero-order valence-corrected chi connectivity index (χ0v) is 10.3. The average molecular weight is 255 g/mol. The second kappa shape index (κ2) is 4.87. The summed E-state index contributed by atoms with van der Waals surface area (Å²) in [6.07, 6.45) is -0.692. The smallest absolute Gasteiger partial charge is 0.119 e. The van der Waals surface area contributed by atoms with Crippen LogP contribution in [-0.2, 0) is 0 Å². The van der Waals surface area contributed by atoms with E-state index in [1.165, 1.54) is 11.3 Å². The highest BCUT2D eigenvalue weighted by Crippen LogP contribution is 2.33. The fraction of sp³-hybridized carbons (Fsp3) is 0.167. The number of ether oxygens (including phenoxy) is 1. The molecule has 1 aromatic carbocycles. The first-order valence-corrected chi connectivity index (χ1v) is 6.03. The molecule has 1 heterocycles. The lowest BCUT2D eigenvalue weighted by molar-refractivity contribution is 0.223. The second-order valence-corrected chi connectivity index (χ2v) is 4.67. The minimum Gasteiger partial charge on any atom is -0.497 e. The van der Waals surface area contributed by atoms with Gasteiger partial charge in [-0.25, -0.2) is 0 Å². The summed E-state index contributed by atoms with van der Waals surface area (Å²) in [6, 6.07) is 9.13. The molecule has 2 aromatic rings. The third kappa shape index (κ3) is 2.21. The number of aliphatic hydroxyl groups is 1. The Balaban J connectivity index is 2.33. The molecule has 0 aliphatic heterocycles. The normalized spacial score (nSPS) is 12.4. The molecule has 0 bridgehead atoms. The molecule has 2 nitrogen and oxygen atoms in total. The molecule has 0 saturated carbocycles. The van der Waals surface area contributed by atoms with Crippen molar-refractivity contribution >= 4 is 22.9 Å². The first-order valence-electron chi connectivity index (χ1n) is 4.77. The van der Waals surface area contributed by atoms with Crippen LogP contribution >= 0.6 is 22.9 Å². The van der Waals surface area contributed by atoms with Gasteiger partial charge in [-0.1, -0.05) is 23.7 Å². The lowest BCUT2D eigenvalue weighted by Crippen LogP contribution is -1.98. The van der Waals surface area contributed by atoms with Gasteiger partial charge in [-0.2, -0.15) is 0 Å². The van der Waals surface area contributed by atoms with Crippen molar-refractivity contribution < 1.29 is 9.84 Å². The number of rotatable bonds is 3. The van der Waals surface area contributed by atoms with Crippen LogP contribution in [0.3, 0.4) is 0 Å². The molecular weight excluding hydrogens is 244 g/mol. The van der Waals surface area contributed by atoms with E-state index in [0.29, 0.717) is 5.02 Å². The van der Waals surface area contributed by atoms with Crippen LogP contribution in [-0.4, -0.2) is 12.2 Å². The topological polar surface area (TPSA) is 29.5 Å². The minimum atomic E-state index is -0.692. The van der Waals surface area contributed by atoms with Gasteiger partial charge in [0.1, 0.15) is 11.9 Å². The van der Waals surface area contributed by atoms with Crippen molar-refractivity contribution in [2.75, 3.05) is 7.11 Å². The average Bonchev–Trinajstić information content (AvgIpc) is 2.74. The number of methoxy groups -OCH3 is 1. The molecule has 1 N–H and O–H groups in total. The zero-order chi connectivity index (χ0) is 11.5. The van der Waals surface area contributed by atoms with E-state index in [1.54, 1.807) is 19.2 Å². The van der Waals surface area contributed by atoms with Gasteiger partial charge in [0.2, 0.25) is 0 Å². The van der Waals surface area contributed by atoms with Crippen LogP contribution in [0.1, 0.15) is 16.5 Å². The van der Waals surface area contributed by atoms with Crippen LogP contribution in [0.2, 0.25) is 5.02 Å². The number of benzene rings is 1. The van der Waals surface area contributed by atoms with E-state index in [9.17, 15) is 5.11 Å². The molecule has 84 valence electrons. The lowest BCUT2D eigenvalue weighted by Gasteiger charge is -2.10. The van der Waals surface area contributed by atoms with Gasteiger partial charge in [-0.3, -0.25) is 0 Å². The molecule has 1 unspecified atom stereocenters. The molecule has 4 heteroatoms. The molecule has 1 aromatic heterocycles. The first kappa shape index (κ1) is 11.5. The van der Waals surface area contributed by atoms with E-state index in [4.69, 9.17) is 16.3 Å². The maximum atomic E-state index is 10.2. The van der Waals surface area contributed by atoms with Crippen LogP contribution in [0.25, 0.3) is 0 Å². The summed E-state index contributed by atoms with van der Waals surface area (Å²) >= 11 is 7.42. The van der Waals surface area contributed by atoms with Crippen LogP contribution in [0.5, 0.6) is 5.75 Å². The Morgan fingerprint density at radius 2 is 2.19 bits per heavy atom. The van der Waals surface area contributed by atoms with Gasteiger partial charge in [0.15, 0.2) is 0 Å². The van der Waals surface area contributed by atoms with Crippen molar-refractivity contribution in [2.24, 2.45) is 0 Å². The van der Waals surface area contributed by atoms with Gasteiger partial charge in [0, 0.05) is 0 Å². The predicted octanol–water partition coefficient (Wildman–Crippen LogP) is 3.49. The Morgan fingerprint density at radius 1 is 1.38 bits per heavy atom. The highest BCUT2D eigenvalue weighted by molar-refractivity contribution is 7.10. The van der Waals surface area contributed by atoms with Crippen molar-refractivity contribution in [2.45, 2.75) is 6.10 Å². The van der Waals surface area contributed by atoms with Gasteiger partial charge in [0.25, 0.3) is 0 Å². The summed E-state index contributed by atoms with van der Waals surface area (Å²) < 4.78 is 5.11. The molecule has 16 heavy (non-hydrogen) atoms. The van der Waals surface area contributed by atoms with E-state index in [0.717, 1.165) is 16.2 Å². The Kier molecular flexibility index (Phi) is 3.49. The van der Waals surface area contributed by atoms with E-state index >= 15 is 0 Å². The molecule has 0 radical (unpaired) electrons. The molecule has 0 spiro atoms. The largest absolute Gasteiger partial charge is 0.497 e. The minimum absolute atomic E-state index is 0.598. The molecular formula is C12H11ClO2S. The molecule has 0 amide bonds. The third-order valence-corrected chi connectivity index (χ3v) is 3.71. The van der Waals surface area contributed by atoms with Gasteiger partial charge in [-0.05, 0) is 29.1 Å². The van der Waals surface area contributed by atoms with Gasteiger partial charge >= 0.3 is 0 Å². The quantitative estimate of drug-likeness (QED) is 0.909. The monoisotopic (exact) mass is 254 g/mol. The number of hydrogen-bond donors (Lipinski definition) is 1. The predicted molar refractivity (Wildman–Crippen MR) is 66.4 cm³/mol. The summed E-state index contributed by atoms with van der Waals surface area (Å²) in [5.74, 6) is 0.726. The summed E-state index contributed by atoms with van der Waals surface area (Å²) in [6.45, 7) is 0. The molecule has 0 saturated heterocycles. The number of thiophene rings is 1. The highest BCUT2D eigenvalue weighted by Gasteiger charge is 2.15. The highest BCUT2D eigenvalue weighted by atomic mass is 35.5. The SMILES string of the molecule is COc1cccc(C(O)c2sccc2Cl)c1. The zero-order valence-electron chi connectivity index (χ0n) is 8.68. The Morgan fingerprint density at radius 3 is 2.81 bits per heavy atom. The lowest BCUT2D eigenvalue weighted by atomic mass is 10.1. The number of aliphatic hydroxyl groups excluding tert-OH is 1. The number of hydrogen-bond acceptors (Lipinski definition) is 3. The molecule has 0 fully saturated rings. The summed E-state index contributed by atoms with van der Waals surface area (Å²) in [4.78, 5) is 0.759. The van der Waals surface area contributed by atoms with E-state index in [-0.39, 0.29) is 0 Å². The van der Waals surface area contributed by atoms with Gasteiger partial charge < -0.3 is 9.84 Å². The fourth-order valence-corrected chi connectivity index (χ4v) is 2.63. The van der Waals surface area contributed by atoms with Crippen molar-refractivity contribution in [1.82, 2.24) is 0 Å². The number of halogens is 1.